The molecule has 108 valence electrons. The minimum absolute atomic E-state index is 1.04. The van der Waals surface area contributed by atoms with Gasteiger partial charge in [-0.3, -0.25) is 0 Å². The van der Waals surface area contributed by atoms with Crippen LogP contribution >= 0.6 is 0 Å². The molecule has 1 aliphatic carbocycles. The second-order valence-corrected chi connectivity index (χ2v) is 5.95. The number of rotatable bonds is 2. The molecule has 0 spiro atoms. The molecule has 0 saturated heterocycles. The van der Waals surface area contributed by atoms with Gasteiger partial charge < -0.3 is 5.32 Å². The second-order valence-electron chi connectivity index (χ2n) is 5.95. The molecular weight excluding hydrogens is 266 g/mol. The van der Waals surface area contributed by atoms with Gasteiger partial charge in [0.1, 0.15) is 0 Å². The van der Waals surface area contributed by atoms with Crippen LogP contribution < -0.4 is 5.32 Å². The summed E-state index contributed by atoms with van der Waals surface area (Å²) in [6.45, 7) is 2.16. The summed E-state index contributed by atoms with van der Waals surface area (Å²) in [6.07, 6.45) is 1.04. The van der Waals surface area contributed by atoms with Crippen LogP contribution in [0.15, 0.2) is 60.7 Å². The summed E-state index contributed by atoms with van der Waals surface area (Å²) in [4.78, 5) is 0. The van der Waals surface area contributed by atoms with E-state index in [1.807, 2.05) is 7.05 Å². The van der Waals surface area contributed by atoms with E-state index in [1.165, 1.54) is 44.6 Å². The highest BCUT2D eigenvalue weighted by molar-refractivity contribution is 5.85. The van der Waals surface area contributed by atoms with Gasteiger partial charge in [0.05, 0.1) is 0 Å². The van der Waals surface area contributed by atoms with Crippen molar-refractivity contribution >= 4 is 5.69 Å². The third-order valence-electron chi connectivity index (χ3n) is 4.66. The summed E-state index contributed by atoms with van der Waals surface area (Å²) in [5.74, 6) is 0. The fourth-order valence-corrected chi connectivity index (χ4v) is 3.54. The van der Waals surface area contributed by atoms with Crippen molar-refractivity contribution in [2.75, 3.05) is 12.4 Å². The molecule has 0 unspecified atom stereocenters. The number of benzene rings is 3. The van der Waals surface area contributed by atoms with E-state index in [2.05, 4.69) is 72.9 Å². The third-order valence-corrected chi connectivity index (χ3v) is 4.66. The van der Waals surface area contributed by atoms with Crippen molar-refractivity contribution < 1.29 is 0 Å². The van der Waals surface area contributed by atoms with E-state index in [1.54, 1.807) is 0 Å². The Balaban J connectivity index is 1.87. The number of hydrogen-bond donors (Lipinski definition) is 1. The van der Waals surface area contributed by atoms with Crippen molar-refractivity contribution in [2.24, 2.45) is 0 Å². The summed E-state index contributed by atoms with van der Waals surface area (Å²) in [5, 5.41) is 3.24. The zero-order chi connectivity index (χ0) is 15.1. The molecule has 0 amide bonds. The number of fused-ring (bicyclic) bond motifs is 3. The first-order chi connectivity index (χ1) is 10.8. The van der Waals surface area contributed by atoms with Crippen LogP contribution in [0.3, 0.4) is 0 Å². The Hall–Kier alpha value is -2.54. The van der Waals surface area contributed by atoms with Gasteiger partial charge in [-0.1, -0.05) is 48.5 Å². The number of aryl methyl sites for hydroxylation is 1. The number of nitrogens with one attached hydrogen (secondary N) is 1. The topological polar surface area (TPSA) is 12.0 Å². The Bertz CT molecular complexity index is 862. The summed E-state index contributed by atoms with van der Waals surface area (Å²) in [6, 6.07) is 22.1. The number of hydrogen-bond acceptors (Lipinski definition) is 1. The zero-order valence-electron chi connectivity index (χ0n) is 13.0. The first-order valence-electron chi connectivity index (χ1n) is 7.77. The molecule has 1 aliphatic rings. The summed E-state index contributed by atoms with van der Waals surface area (Å²) in [5.41, 5.74) is 10.8. The molecule has 1 heteroatoms. The van der Waals surface area contributed by atoms with Gasteiger partial charge >= 0.3 is 0 Å². The lowest BCUT2D eigenvalue weighted by Gasteiger charge is -2.12. The molecule has 1 N–H and O–H groups in total. The molecule has 3 aromatic rings. The Morgan fingerprint density at radius 1 is 0.818 bits per heavy atom. The molecule has 0 aliphatic heterocycles. The van der Waals surface area contributed by atoms with Crippen LogP contribution in [0.25, 0.3) is 22.3 Å². The summed E-state index contributed by atoms with van der Waals surface area (Å²) < 4.78 is 0. The van der Waals surface area contributed by atoms with Gasteiger partial charge in [0.2, 0.25) is 0 Å². The molecule has 3 aromatic carbocycles. The summed E-state index contributed by atoms with van der Waals surface area (Å²) >= 11 is 0. The van der Waals surface area contributed by atoms with Crippen molar-refractivity contribution in [3.63, 3.8) is 0 Å². The molecule has 1 nitrogen and oxygen atoms in total. The van der Waals surface area contributed by atoms with E-state index in [0.29, 0.717) is 0 Å². The fraction of sp³-hybridized carbons (Fsp3) is 0.143. The van der Waals surface area contributed by atoms with Gasteiger partial charge in [0.15, 0.2) is 0 Å². The number of anilines is 1. The molecule has 0 fully saturated rings. The average molecular weight is 285 g/mol. The smallest absolute Gasteiger partial charge is 0.0367 e. The van der Waals surface area contributed by atoms with E-state index in [-0.39, 0.29) is 0 Å². The molecule has 22 heavy (non-hydrogen) atoms. The van der Waals surface area contributed by atoms with Crippen molar-refractivity contribution in [2.45, 2.75) is 13.3 Å². The van der Waals surface area contributed by atoms with E-state index in [4.69, 9.17) is 0 Å². The Kier molecular flexibility index (Phi) is 3.00. The highest BCUT2D eigenvalue weighted by Gasteiger charge is 2.20. The van der Waals surface area contributed by atoms with Crippen LogP contribution in [0.4, 0.5) is 5.69 Å². The Labute approximate surface area is 131 Å². The van der Waals surface area contributed by atoms with E-state index < -0.39 is 0 Å². The van der Waals surface area contributed by atoms with Crippen LogP contribution in [-0.2, 0) is 6.42 Å². The Morgan fingerprint density at radius 3 is 2.41 bits per heavy atom. The van der Waals surface area contributed by atoms with Crippen molar-refractivity contribution in [3.8, 4) is 22.3 Å². The predicted molar refractivity (Wildman–Crippen MR) is 94.4 cm³/mol. The molecule has 0 heterocycles. The van der Waals surface area contributed by atoms with E-state index in [0.717, 1.165) is 6.42 Å². The van der Waals surface area contributed by atoms with Crippen molar-refractivity contribution in [1.82, 2.24) is 0 Å². The van der Waals surface area contributed by atoms with Gasteiger partial charge in [-0.2, -0.15) is 0 Å². The molecule has 0 bridgehead atoms. The van der Waals surface area contributed by atoms with E-state index >= 15 is 0 Å². The fourth-order valence-electron chi connectivity index (χ4n) is 3.54. The van der Waals surface area contributed by atoms with Crippen molar-refractivity contribution in [1.29, 1.82) is 0 Å². The van der Waals surface area contributed by atoms with E-state index in [9.17, 15) is 0 Å². The molecule has 0 aromatic heterocycles. The zero-order valence-corrected chi connectivity index (χ0v) is 13.0. The maximum Gasteiger partial charge on any atom is 0.0367 e. The van der Waals surface area contributed by atoms with Gasteiger partial charge in [-0.25, -0.2) is 0 Å². The first-order valence-corrected chi connectivity index (χ1v) is 7.77. The van der Waals surface area contributed by atoms with Crippen LogP contribution in [-0.4, -0.2) is 7.05 Å². The highest BCUT2D eigenvalue weighted by atomic mass is 14.8. The van der Waals surface area contributed by atoms with Crippen LogP contribution in [0.1, 0.15) is 16.7 Å². The lowest BCUT2D eigenvalue weighted by molar-refractivity contribution is 1.26. The molecular formula is C21H19N. The lowest BCUT2D eigenvalue weighted by Crippen LogP contribution is -1.93. The highest BCUT2D eigenvalue weighted by Crippen LogP contribution is 2.41. The molecule has 4 rings (SSSR count). The molecule has 0 radical (unpaired) electrons. The SMILES string of the molecule is CNc1ccc(-c2cccc3c2Cc2ccccc2-3)cc1C. The second kappa shape index (κ2) is 5.03. The Morgan fingerprint density at radius 2 is 1.59 bits per heavy atom. The maximum absolute atomic E-state index is 3.24. The van der Waals surface area contributed by atoms with Crippen molar-refractivity contribution in [3.05, 3.63) is 77.4 Å². The monoisotopic (exact) mass is 285 g/mol. The quantitative estimate of drug-likeness (QED) is 0.528. The van der Waals surface area contributed by atoms with Crippen LogP contribution in [0, 0.1) is 6.92 Å². The largest absolute Gasteiger partial charge is 0.388 e. The normalized spacial score (nSPS) is 11.9. The first kappa shape index (κ1) is 13.1. The van der Waals surface area contributed by atoms with Gasteiger partial charge in [-0.15, -0.1) is 0 Å². The molecule has 0 saturated carbocycles. The minimum atomic E-state index is 1.04. The van der Waals surface area contributed by atoms with Gasteiger partial charge in [0.25, 0.3) is 0 Å². The van der Waals surface area contributed by atoms with Crippen LogP contribution in [0.2, 0.25) is 0 Å². The van der Waals surface area contributed by atoms with Gasteiger partial charge in [0, 0.05) is 12.7 Å². The van der Waals surface area contributed by atoms with Crippen LogP contribution in [0.5, 0.6) is 0 Å². The molecule has 0 atom stereocenters. The maximum atomic E-state index is 3.24. The average Bonchev–Trinajstić information content (AvgIpc) is 2.93. The standard InChI is InChI=1S/C21H19N/c1-14-12-16(10-11-21(14)22-2)18-8-5-9-19-17-7-4-3-6-15(17)13-20(18)19/h3-12,22H,13H2,1-2H3. The lowest BCUT2D eigenvalue weighted by atomic mass is 9.94. The summed E-state index contributed by atoms with van der Waals surface area (Å²) in [7, 11) is 1.97. The minimum Gasteiger partial charge on any atom is -0.388 e. The predicted octanol–water partition coefficient (Wildman–Crippen LogP) is 5.27. The third kappa shape index (κ3) is 1.93. The van der Waals surface area contributed by atoms with Gasteiger partial charge in [-0.05, 0) is 64.4 Å².